The van der Waals surface area contributed by atoms with Crippen LogP contribution in [0.5, 0.6) is 17.2 Å². The monoisotopic (exact) mass is 385 g/mol. The standard InChI is InChI=1S/C17H20ClNO5S/c1-11(14-10-13(22-2)6-8-15(14)23-3)19-25(20,21)17-9-12(18)5-7-16(17)24-4/h5-11,19H,1-4H3/t11-/m0/s1. The molecule has 0 aliphatic rings. The molecule has 8 heteroatoms. The van der Waals surface area contributed by atoms with Gasteiger partial charge in [-0.2, -0.15) is 0 Å². The summed E-state index contributed by atoms with van der Waals surface area (Å²) < 4.78 is 43.8. The molecule has 2 rings (SSSR count). The number of hydrogen-bond acceptors (Lipinski definition) is 5. The Morgan fingerprint density at radius 1 is 0.960 bits per heavy atom. The Bertz CT molecular complexity index is 854. The fourth-order valence-corrected chi connectivity index (χ4v) is 4.05. The summed E-state index contributed by atoms with van der Waals surface area (Å²) in [5.74, 6) is 1.36. The number of benzene rings is 2. The molecule has 2 aromatic rings. The summed E-state index contributed by atoms with van der Waals surface area (Å²) in [5, 5.41) is 0.299. The van der Waals surface area contributed by atoms with Crippen molar-refractivity contribution in [3.8, 4) is 17.2 Å². The van der Waals surface area contributed by atoms with Crippen molar-refractivity contribution in [1.29, 1.82) is 0 Å². The molecule has 0 aliphatic heterocycles. The molecule has 0 bridgehead atoms. The van der Waals surface area contributed by atoms with Crippen LogP contribution in [-0.4, -0.2) is 29.7 Å². The molecule has 6 nitrogen and oxygen atoms in total. The molecule has 0 saturated carbocycles. The fraction of sp³-hybridized carbons (Fsp3) is 0.294. The summed E-state index contributed by atoms with van der Waals surface area (Å²) in [6.07, 6.45) is 0. The van der Waals surface area contributed by atoms with Gasteiger partial charge in [-0.25, -0.2) is 13.1 Å². The lowest BCUT2D eigenvalue weighted by Crippen LogP contribution is -2.27. The van der Waals surface area contributed by atoms with Gasteiger partial charge < -0.3 is 14.2 Å². The van der Waals surface area contributed by atoms with Crippen LogP contribution in [0.4, 0.5) is 0 Å². The quantitative estimate of drug-likeness (QED) is 0.790. The lowest BCUT2D eigenvalue weighted by molar-refractivity contribution is 0.394. The van der Waals surface area contributed by atoms with E-state index >= 15 is 0 Å². The van der Waals surface area contributed by atoms with Crippen LogP contribution in [0.1, 0.15) is 18.5 Å². The lowest BCUT2D eigenvalue weighted by Gasteiger charge is -2.19. The van der Waals surface area contributed by atoms with Gasteiger partial charge in [0.2, 0.25) is 10.0 Å². The molecule has 1 atom stereocenters. The molecule has 0 fully saturated rings. The second-order valence-corrected chi connectivity index (χ2v) is 7.36. The Hall–Kier alpha value is -1.96. The van der Waals surface area contributed by atoms with Crippen molar-refractivity contribution in [2.24, 2.45) is 0 Å². The van der Waals surface area contributed by atoms with Gasteiger partial charge >= 0.3 is 0 Å². The van der Waals surface area contributed by atoms with E-state index in [2.05, 4.69) is 4.72 Å². The topological polar surface area (TPSA) is 73.9 Å². The zero-order valence-electron chi connectivity index (χ0n) is 14.4. The molecule has 136 valence electrons. The number of halogens is 1. The highest BCUT2D eigenvalue weighted by molar-refractivity contribution is 7.89. The van der Waals surface area contributed by atoms with Crippen molar-refractivity contribution in [1.82, 2.24) is 4.72 Å². The zero-order chi connectivity index (χ0) is 18.6. The average Bonchev–Trinajstić information content (AvgIpc) is 2.60. The highest BCUT2D eigenvalue weighted by Crippen LogP contribution is 2.32. The third-order valence-corrected chi connectivity index (χ3v) is 5.45. The number of rotatable bonds is 7. The van der Waals surface area contributed by atoms with E-state index in [9.17, 15) is 8.42 Å². The van der Waals surface area contributed by atoms with Crippen LogP contribution in [0.15, 0.2) is 41.3 Å². The normalized spacial score (nSPS) is 12.5. The van der Waals surface area contributed by atoms with Crippen LogP contribution in [0, 0.1) is 0 Å². The van der Waals surface area contributed by atoms with Crippen LogP contribution in [0.25, 0.3) is 0 Å². The van der Waals surface area contributed by atoms with Gasteiger partial charge in [0, 0.05) is 16.6 Å². The summed E-state index contributed by atoms with van der Waals surface area (Å²) >= 11 is 5.94. The zero-order valence-corrected chi connectivity index (χ0v) is 15.9. The first-order valence-corrected chi connectivity index (χ1v) is 9.26. The predicted octanol–water partition coefficient (Wildman–Crippen LogP) is 3.41. The van der Waals surface area contributed by atoms with Crippen LogP contribution in [0.3, 0.4) is 0 Å². The van der Waals surface area contributed by atoms with E-state index in [1.165, 1.54) is 33.5 Å². The lowest BCUT2D eigenvalue weighted by atomic mass is 10.1. The molecule has 0 aromatic heterocycles. The molecule has 0 saturated heterocycles. The first kappa shape index (κ1) is 19.4. The average molecular weight is 386 g/mol. The van der Waals surface area contributed by atoms with Crippen LogP contribution in [-0.2, 0) is 10.0 Å². The van der Waals surface area contributed by atoms with Gasteiger partial charge in [-0.3, -0.25) is 0 Å². The number of ether oxygens (including phenoxy) is 3. The van der Waals surface area contributed by atoms with E-state index in [-0.39, 0.29) is 10.6 Å². The van der Waals surface area contributed by atoms with Gasteiger partial charge in [0.1, 0.15) is 22.1 Å². The minimum absolute atomic E-state index is 0.0313. The summed E-state index contributed by atoms with van der Waals surface area (Å²) in [5.41, 5.74) is 0.645. The van der Waals surface area contributed by atoms with Crippen molar-refractivity contribution >= 4 is 21.6 Å². The predicted molar refractivity (Wildman–Crippen MR) is 96.3 cm³/mol. The minimum Gasteiger partial charge on any atom is -0.497 e. The highest BCUT2D eigenvalue weighted by Gasteiger charge is 2.24. The van der Waals surface area contributed by atoms with Crippen LogP contribution in [0.2, 0.25) is 5.02 Å². The largest absolute Gasteiger partial charge is 0.497 e. The number of hydrogen-bond donors (Lipinski definition) is 1. The molecule has 0 spiro atoms. The molecule has 0 radical (unpaired) electrons. The Labute approximate surface area is 152 Å². The molecule has 1 N–H and O–H groups in total. The van der Waals surface area contributed by atoms with Gasteiger partial charge in [0.05, 0.1) is 21.3 Å². The summed E-state index contributed by atoms with van der Waals surface area (Å²) in [4.78, 5) is -0.0313. The summed E-state index contributed by atoms with van der Waals surface area (Å²) in [6.45, 7) is 1.71. The molecule has 25 heavy (non-hydrogen) atoms. The maximum atomic E-state index is 12.8. The van der Waals surface area contributed by atoms with Gasteiger partial charge in [-0.1, -0.05) is 11.6 Å². The Kier molecular flexibility index (Phi) is 6.16. The Morgan fingerprint density at radius 2 is 1.60 bits per heavy atom. The molecule has 0 aliphatic carbocycles. The maximum absolute atomic E-state index is 12.8. The van der Waals surface area contributed by atoms with E-state index in [0.717, 1.165) is 0 Å². The SMILES string of the molecule is COc1ccc(OC)c([C@H](C)NS(=O)(=O)c2cc(Cl)ccc2OC)c1. The van der Waals surface area contributed by atoms with E-state index in [1.807, 2.05) is 0 Å². The first-order chi connectivity index (χ1) is 11.8. The summed E-state index contributed by atoms with van der Waals surface area (Å²) in [6, 6.07) is 9.03. The second-order valence-electron chi connectivity index (χ2n) is 5.25. The van der Waals surface area contributed by atoms with Crippen LogP contribution < -0.4 is 18.9 Å². The van der Waals surface area contributed by atoms with Crippen molar-refractivity contribution < 1.29 is 22.6 Å². The number of sulfonamides is 1. The van der Waals surface area contributed by atoms with Crippen molar-refractivity contribution in [3.63, 3.8) is 0 Å². The van der Waals surface area contributed by atoms with E-state index in [0.29, 0.717) is 22.1 Å². The molecular formula is C17H20ClNO5S. The Balaban J connectivity index is 2.40. The third kappa shape index (κ3) is 4.36. The van der Waals surface area contributed by atoms with Crippen molar-refractivity contribution in [3.05, 3.63) is 47.0 Å². The van der Waals surface area contributed by atoms with Crippen molar-refractivity contribution in [2.45, 2.75) is 17.9 Å². The smallest absolute Gasteiger partial charge is 0.244 e. The maximum Gasteiger partial charge on any atom is 0.244 e. The second kappa shape index (κ2) is 7.95. The van der Waals surface area contributed by atoms with Gasteiger partial charge in [-0.15, -0.1) is 0 Å². The van der Waals surface area contributed by atoms with E-state index < -0.39 is 16.1 Å². The molecular weight excluding hydrogens is 366 g/mol. The molecule has 0 unspecified atom stereocenters. The molecule has 2 aromatic carbocycles. The molecule has 0 amide bonds. The van der Waals surface area contributed by atoms with Crippen molar-refractivity contribution in [2.75, 3.05) is 21.3 Å². The summed E-state index contributed by atoms with van der Waals surface area (Å²) in [7, 11) is 0.586. The van der Waals surface area contributed by atoms with Gasteiger partial charge in [0.25, 0.3) is 0 Å². The van der Waals surface area contributed by atoms with Gasteiger partial charge in [-0.05, 0) is 43.3 Å². The number of methoxy groups -OCH3 is 3. The highest BCUT2D eigenvalue weighted by atomic mass is 35.5. The Morgan fingerprint density at radius 3 is 2.20 bits per heavy atom. The number of nitrogens with one attached hydrogen (secondary N) is 1. The van der Waals surface area contributed by atoms with Gasteiger partial charge in [0.15, 0.2) is 0 Å². The van der Waals surface area contributed by atoms with E-state index in [1.54, 1.807) is 31.2 Å². The van der Waals surface area contributed by atoms with Crippen LogP contribution >= 0.6 is 11.6 Å². The third-order valence-electron chi connectivity index (χ3n) is 3.65. The minimum atomic E-state index is -3.87. The fourth-order valence-electron chi connectivity index (χ4n) is 2.40. The first-order valence-electron chi connectivity index (χ1n) is 7.40. The van der Waals surface area contributed by atoms with E-state index in [4.69, 9.17) is 25.8 Å². The molecule has 0 heterocycles.